The Morgan fingerprint density at radius 3 is 2.80 bits per heavy atom. The Morgan fingerprint density at radius 1 is 1.35 bits per heavy atom. The fourth-order valence-electron chi connectivity index (χ4n) is 3.68. The smallest absolute Gasteiger partial charge is 0.124 e. The number of rotatable bonds is 4. The lowest BCUT2D eigenvalue weighted by molar-refractivity contribution is 0.0329. The molecule has 3 nitrogen and oxygen atoms in total. The van der Waals surface area contributed by atoms with Gasteiger partial charge in [0.1, 0.15) is 11.4 Å². The minimum Gasteiger partial charge on any atom is -0.487 e. The highest BCUT2D eigenvalue weighted by Crippen LogP contribution is 2.47. The monoisotopic (exact) mass is 275 g/mol. The first-order valence-corrected chi connectivity index (χ1v) is 7.91. The van der Waals surface area contributed by atoms with E-state index in [-0.39, 0.29) is 18.2 Å². The second kappa shape index (κ2) is 5.74. The molecule has 20 heavy (non-hydrogen) atoms. The van der Waals surface area contributed by atoms with Crippen LogP contribution in [0.25, 0.3) is 0 Å². The van der Waals surface area contributed by atoms with Gasteiger partial charge < -0.3 is 15.2 Å². The Bertz CT molecular complexity index is 450. The number of hydrogen-bond acceptors (Lipinski definition) is 3. The van der Waals surface area contributed by atoms with E-state index in [9.17, 15) is 5.11 Å². The Balaban J connectivity index is 1.87. The first-order chi connectivity index (χ1) is 9.76. The second-order valence-corrected chi connectivity index (χ2v) is 6.24. The molecule has 2 unspecified atom stereocenters. The second-order valence-electron chi connectivity index (χ2n) is 6.24. The van der Waals surface area contributed by atoms with Gasteiger partial charge in [-0.05, 0) is 38.2 Å². The maximum atomic E-state index is 9.47. The summed E-state index contributed by atoms with van der Waals surface area (Å²) in [5.41, 5.74) is 1.27. The number of aliphatic hydroxyl groups excluding tert-OH is 1. The highest BCUT2D eigenvalue weighted by molar-refractivity contribution is 5.39. The van der Waals surface area contributed by atoms with E-state index < -0.39 is 0 Å². The van der Waals surface area contributed by atoms with Gasteiger partial charge >= 0.3 is 0 Å². The van der Waals surface area contributed by atoms with Crippen molar-refractivity contribution in [3.63, 3.8) is 0 Å². The number of aliphatic hydroxyl groups is 1. The van der Waals surface area contributed by atoms with Crippen molar-refractivity contribution in [2.24, 2.45) is 0 Å². The van der Waals surface area contributed by atoms with Gasteiger partial charge in [0, 0.05) is 24.1 Å². The zero-order valence-electron chi connectivity index (χ0n) is 12.3. The molecule has 0 aromatic heterocycles. The number of nitrogens with one attached hydrogen (secondary N) is 1. The number of fused-ring (bicyclic) bond motifs is 1. The fraction of sp³-hybridized carbons (Fsp3) is 0.647. The molecule has 0 amide bonds. The first-order valence-electron chi connectivity index (χ1n) is 7.91. The topological polar surface area (TPSA) is 41.5 Å². The summed E-state index contributed by atoms with van der Waals surface area (Å²) in [7, 11) is 0. The van der Waals surface area contributed by atoms with Crippen molar-refractivity contribution in [3.8, 4) is 5.75 Å². The third-order valence-corrected chi connectivity index (χ3v) is 4.86. The molecule has 3 rings (SSSR count). The van der Waals surface area contributed by atoms with Crippen molar-refractivity contribution < 1.29 is 9.84 Å². The molecule has 1 saturated carbocycles. The minimum atomic E-state index is 0.0275. The summed E-state index contributed by atoms with van der Waals surface area (Å²) in [5, 5.41) is 13.1. The van der Waals surface area contributed by atoms with Crippen LogP contribution in [0.1, 0.15) is 57.1 Å². The molecule has 2 N–H and O–H groups in total. The van der Waals surface area contributed by atoms with E-state index >= 15 is 0 Å². The van der Waals surface area contributed by atoms with Gasteiger partial charge in [-0.1, -0.05) is 25.1 Å². The zero-order valence-corrected chi connectivity index (χ0v) is 12.3. The Morgan fingerprint density at radius 2 is 2.10 bits per heavy atom. The predicted octanol–water partition coefficient (Wildman–Crippen LogP) is 3.18. The molecule has 2 atom stereocenters. The highest BCUT2D eigenvalue weighted by atomic mass is 16.5. The van der Waals surface area contributed by atoms with Crippen LogP contribution in [0.4, 0.5) is 0 Å². The van der Waals surface area contributed by atoms with Crippen LogP contribution in [-0.2, 0) is 0 Å². The molecular weight excluding hydrogens is 250 g/mol. The standard InChI is InChI=1S/C17H25NO2/c1-2-13(12-19)18-15-11-17(9-5-6-10-17)20-16-8-4-3-7-14(15)16/h3-4,7-8,13,15,18-19H,2,5-6,9-12H2,1H3. The average molecular weight is 275 g/mol. The summed E-state index contributed by atoms with van der Waals surface area (Å²) in [6, 6.07) is 8.83. The lowest BCUT2D eigenvalue weighted by atomic mass is 9.85. The maximum Gasteiger partial charge on any atom is 0.124 e. The van der Waals surface area contributed by atoms with Crippen LogP contribution in [0.2, 0.25) is 0 Å². The molecule has 1 aromatic rings. The van der Waals surface area contributed by atoms with E-state index in [1.165, 1.54) is 18.4 Å². The van der Waals surface area contributed by atoms with Crippen LogP contribution in [0.5, 0.6) is 5.75 Å². The van der Waals surface area contributed by atoms with Crippen LogP contribution in [0.3, 0.4) is 0 Å². The molecule has 2 aliphatic rings. The van der Waals surface area contributed by atoms with Crippen molar-refractivity contribution in [3.05, 3.63) is 29.8 Å². The van der Waals surface area contributed by atoms with E-state index in [0.717, 1.165) is 31.4 Å². The van der Waals surface area contributed by atoms with Crippen LogP contribution in [-0.4, -0.2) is 23.4 Å². The van der Waals surface area contributed by atoms with E-state index in [2.05, 4.69) is 30.4 Å². The fourth-order valence-corrected chi connectivity index (χ4v) is 3.68. The number of hydrogen-bond donors (Lipinski definition) is 2. The Hall–Kier alpha value is -1.06. The van der Waals surface area contributed by atoms with Gasteiger partial charge in [0.05, 0.1) is 6.61 Å². The molecule has 0 saturated heterocycles. The highest BCUT2D eigenvalue weighted by Gasteiger charge is 2.43. The molecule has 1 aliphatic carbocycles. The molecule has 1 fully saturated rings. The van der Waals surface area contributed by atoms with Gasteiger partial charge in [0.15, 0.2) is 0 Å². The molecule has 1 aliphatic heterocycles. The molecular formula is C17H25NO2. The summed E-state index contributed by atoms with van der Waals surface area (Å²) in [6.45, 7) is 2.31. The van der Waals surface area contributed by atoms with Crippen molar-refractivity contribution >= 4 is 0 Å². The third kappa shape index (κ3) is 2.57. The van der Waals surface area contributed by atoms with Gasteiger partial charge in [-0.25, -0.2) is 0 Å². The Labute approximate surface area is 121 Å². The van der Waals surface area contributed by atoms with Gasteiger partial charge in [0.2, 0.25) is 0 Å². The number of ether oxygens (including phenoxy) is 1. The predicted molar refractivity (Wildman–Crippen MR) is 79.9 cm³/mol. The average Bonchev–Trinajstić information content (AvgIpc) is 2.92. The normalized spacial score (nSPS) is 25.2. The third-order valence-electron chi connectivity index (χ3n) is 4.86. The van der Waals surface area contributed by atoms with Crippen LogP contribution in [0, 0.1) is 0 Å². The number of benzene rings is 1. The molecule has 1 spiro atoms. The van der Waals surface area contributed by atoms with Crippen LogP contribution >= 0.6 is 0 Å². The molecule has 3 heteroatoms. The SMILES string of the molecule is CCC(CO)NC1CC2(CCCC2)Oc2ccccc21. The zero-order chi connectivity index (χ0) is 14.0. The van der Waals surface area contributed by atoms with Crippen molar-refractivity contribution in [2.75, 3.05) is 6.61 Å². The van der Waals surface area contributed by atoms with Crippen molar-refractivity contribution in [1.82, 2.24) is 5.32 Å². The van der Waals surface area contributed by atoms with Gasteiger partial charge in [-0.2, -0.15) is 0 Å². The molecule has 1 aromatic carbocycles. The lowest BCUT2D eigenvalue weighted by Gasteiger charge is -2.41. The van der Waals surface area contributed by atoms with Gasteiger partial charge in [-0.3, -0.25) is 0 Å². The summed E-state index contributed by atoms with van der Waals surface area (Å²) in [4.78, 5) is 0. The Kier molecular flexibility index (Phi) is 3.99. The van der Waals surface area contributed by atoms with E-state index in [1.807, 2.05) is 6.07 Å². The summed E-state index contributed by atoms with van der Waals surface area (Å²) in [5.74, 6) is 1.03. The molecule has 110 valence electrons. The van der Waals surface area contributed by atoms with Gasteiger partial charge in [-0.15, -0.1) is 0 Å². The maximum absolute atomic E-state index is 9.47. The molecule has 1 heterocycles. The van der Waals surface area contributed by atoms with E-state index in [0.29, 0.717) is 6.04 Å². The van der Waals surface area contributed by atoms with Crippen LogP contribution < -0.4 is 10.1 Å². The van der Waals surface area contributed by atoms with Crippen molar-refractivity contribution in [2.45, 2.75) is 63.1 Å². The summed E-state index contributed by atoms with van der Waals surface area (Å²) >= 11 is 0. The number of para-hydroxylation sites is 1. The quantitative estimate of drug-likeness (QED) is 0.886. The van der Waals surface area contributed by atoms with E-state index in [1.54, 1.807) is 0 Å². The lowest BCUT2D eigenvalue weighted by Crippen LogP contribution is -2.45. The van der Waals surface area contributed by atoms with Gasteiger partial charge in [0.25, 0.3) is 0 Å². The first kappa shape index (κ1) is 13.9. The van der Waals surface area contributed by atoms with Crippen molar-refractivity contribution in [1.29, 1.82) is 0 Å². The minimum absolute atomic E-state index is 0.0275. The van der Waals surface area contributed by atoms with E-state index in [4.69, 9.17) is 4.74 Å². The summed E-state index contributed by atoms with van der Waals surface area (Å²) < 4.78 is 6.36. The molecule has 0 bridgehead atoms. The largest absolute Gasteiger partial charge is 0.487 e. The summed E-state index contributed by atoms with van der Waals surface area (Å²) in [6.07, 6.45) is 6.84. The molecule has 0 radical (unpaired) electrons. The van der Waals surface area contributed by atoms with Crippen LogP contribution in [0.15, 0.2) is 24.3 Å².